The van der Waals surface area contributed by atoms with Crippen molar-refractivity contribution in [3.05, 3.63) is 59.3 Å². The van der Waals surface area contributed by atoms with Gasteiger partial charge in [0, 0.05) is 0 Å². The minimum Gasteiger partial charge on any atom is -0.496 e. The fourth-order valence-electron chi connectivity index (χ4n) is 2.45. The second kappa shape index (κ2) is 7.09. The summed E-state index contributed by atoms with van der Waals surface area (Å²) in [5.74, 6) is 1.46. The molecule has 0 bridgehead atoms. The first-order chi connectivity index (χ1) is 12.2. The largest absolute Gasteiger partial charge is 0.496 e. The van der Waals surface area contributed by atoms with Crippen LogP contribution in [-0.4, -0.2) is 33.2 Å². The van der Waals surface area contributed by atoms with Gasteiger partial charge in [0.25, 0.3) is 0 Å². The lowest BCUT2D eigenvalue weighted by molar-refractivity contribution is -0.129. The lowest BCUT2D eigenvalue weighted by Gasteiger charge is -2.07. The van der Waals surface area contributed by atoms with Gasteiger partial charge >= 0.3 is 5.97 Å². The number of rotatable bonds is 5. The van der Waals surface area contributed by atoms with Crippen LogP contribution in [0.4, 0.5) is 0 Å². The molecule has 1 aliphatic heterocycles. The zero-order chi connectivity index (χ0) is 17.8. The Morgan fingerprint density at radius 2 is 1.64 bits per heavy atom. The van der Waals surface area contributed by atoms with E-state index < -0.39 is 5.97 Å². The average molecular weight is 339 g/mol. The van der Waals surface area contributed by atoms with Crippen LogP contribution in [-0.2, 0) is 9.53 Å². The number of hydrogen-bond donors (Lipinski definition) is 0. The summed E-state index contributed by atoms with van der Waals surface area (Å²) in [7, 11) is 4.67. The number of ether oxygens (including phenoxy) is 4. The van der Waals surface area contributed by atoms with Crippen LogP contribution in [0.2, 0.25) is 0 Å². The Balaban J connectivity index is 1.96. The van der Waals surface area contributed by atoms with E-state index >= 15 is 0 Å². The van der Waals surface area contributed by atoms with E-state index in [4.69, 9.17) is 18.9 Å². The summed E-state index contributed by atoms with van der Waals surface area (Å²) < 4.78 is 21.0. The SMILES string of the molecule is COc1ccc(/C=C2/N=C(c3ccccc3OC)OC2=O)cc1OC. The maximum atomic E-state index is 12.1. The standard InChI is InChI=1S/C19H17NO5/c1-22-15-7-5-4-6-13(15)18-20-14(19(21)25-18)10-12-8-9-16(23-2)17(11-12)24-3/h4-11H,1-3H3/b14-10+. The third kappa shape index (κ3) is 3.33. The molecule has 0 saturated heterocycles. The summed E-state index contributed by atoms with van der Waals surface area (Å²) in [6.07, 6.45) is 1.63. The molecule has 2 aromatic carbocycles. The number of carbonyl (C=O) groups excluding carboxylic acids is 1. The molecule has 0 aromatic heterocycles. The van der Waals surface area contributed by atoms with Crippen molar-refractivity contribution in [1.29, 1.82) is 0 Å². The Bertz CT molecular complexity index is 870. The number of aliphatic imine (C=N–C) groups is 1. The number of carbonyl (C=O) groups is 1. The maximum absolute atomic E-state index is 12.1. The summed E-state index contributed by atoms with van der Waals surface area (Å²) in [6.45, 7) is 0. The highest BCUT2D eigenvalue weighted by atomic mass is 16.6. The zero-order valence-corrected chi connectivity index (χ0v) is 14.1. The van der Waals surface area contributed by atoms with Gasteiger partial charge in [-0.1, -0.05) is 18.2 Å². The third-order valence-corrected chi connectivity index (χ3v) is 3.67. The van der Waals surface area contributed by atoms with Gasteiger partial charge in [0.1, 0.15) is 5.75 Å². The van der Waals surface area contributed by atoms with Crippen LogP contribution in [0.1, 0.15) is 11.1 Å². The summed E-state index contributed by atoms with van der Waals surface area (Å²) in [4.78, 5) is 16.4. The molecule has 25 heavy (non-hydrogen) atoms. The number of cyclic esters (lactones) is 1. The molecule has 0 saturated carbocycles. The van der Waals surface area contributed by atoms with Crippen LogP contribution in [0.5, 0.6) is 17.2 Å². The number of para-hydroxylation sites is 1. The van der Waals surface area contributed by atoms with Crippen molar-refractivity contribution in [3.8, 4) is 17.2 Å². The fraction of sp³-hybridized carbons (Fsp3) is 0.158. The van der Waals surface area contributed by atoms with Crippen LogP contribution in [0, 0.1) is 0 Å². The van der Waals surface area contributed by atoms with Crippen LogP contribution >= 0.6 is 0 Å². The summed E-state index contributed by atoms with van der Waals surface area (Å²) in [5.41, 5.74) is 1.57. The Morgan fingerprint density at radius 3 is 2.36 bits per heavy atom. The number of benzene rings is 2. The number of hydrogen-bond acceptors (Lipinski definition) is 6. The third-order valence-electron chi connectivity index (χ3n) is 3.67. The molecule has 0 radical (unpaired) electrons. The van der Waals surface area contributed by atoms with Crippen molar-refractivity contribution >= 4 is 17.9 Å². The lowest BCUT2D eigenvalue weighted by atomic mass is 10.1. The molecule has 128 valence electrons. The molecule has 3 rings (SSSR count). The first-order valence-electron chi connectivity index (χ1n) is 7.54. The first-order valence-corrected chi connectivity index (χ1v) is 7.54. The van der Waals surface area contributed by atoms with E-state index in [1.165, 1.54) is 0 Å². The van der Waals surface area contributed by atoms with Crippen molar-refractivity contribution in [2.75, 3.05) is 21.3 Å². The number of nitrogens with zero attached hydrogens (tertiary/aromatic N) is 1. The minimum atomic E-state index is -0.518. The van der Waals surface area contributed by atoms with Crippen molar-refractivity contribution in [2.24, 2.45) is 4.99 Å². The Hall–Kier alpha value is -3.28. The van der Waals surface area contributed by atoms with Gasteiger partial charge in [-0.25, -0.2) is 9.79 Å². The quantitative estimate of drug-likeness (QED) is 0.619. The molecule has 0 spiro atoms. The number of esters is 1. The van der Waals surface area contributed by atoms with Crippen LogP contribution in [0.3, 0.4) is 0 Å². The molecule has 0 fully saturated rings. The average Bonchev–Trinajstić information content (AvgIpc) is 3.01. The molecule has 0 unspecified atom stereocenters. The second-order valence-corrected chi connectivity index (χ2v) is 5.15. The zero-order valence-electron chi connectivity index (χ0n) is 14.1. The summed E-state index contributed by atoms with van der Waals surface area (Å²) >= 11 is 0. The van der Waals surface area contributed by atoms with E-state index in [9.17, 15) is 4.79 Å². The molecule has 2 aromatic rings. The van der Waals surface area contributed by atoms with E-state index in [2.05, 4.69) is 4.99 Å². The maximum Gasteiger partial charge on any atom is 0.363 e. The predicted molar refractivity (Wildman–Crippen MR) is 93.1 cm³/mol. The fourth-order valence-corrected chi connectivity index (χ4v) is 2.45. The molecular weight excluding hydrogens is 322 g/mol. The normalized spacial score (nSPS) is 14.9. The van der Waals surface area contributed by atoms with Crippen molar-refractivity contribution < 1.29 is 23.7 Å². The molecule has 0 atom stereocenters. The summed E-state index contributed by atoms with van der Waals surface area (Å²) in [5, 5.41) is 0. The van der Waals surface area contributed by atoms with Gasteiger partial charge in [-0.2, -0.15) is 0 Å². The molecule has 0 aliphatic carbocycles. The van der Waals surface area contributed by atoms with Gasteiger partial charge in [0.15, 0.2) is 17.2 Å². The van der Waals surface area contributed by atoms with Gasteiger partial charge in [0.2, 0.25) is 5.90 Å². The van der Waals surface area contributed by atoms with Crippen LogP contribution < -0.4 is 14.2 Å². The highest BCUT2D eigenvalue weighted by molar-refractivity contribution is 6.13. The van der Waals surface area contributed by atoms with E-state index in [0.717, 1.165) is 5.56 Å². The van der Waals surface area contributed by atoms with Crippen molar-refractivity contribution in [2.45, 2.75) is 0 Å². The van der Waals surface area contributed by atoms with Gasteiger partial charge < -0.3 is 18.9 Å². The molecule has 1 heterocycles. The van der Waals surface area contributed by atoms with Gasteiger partial charge in [-0.05, 0) is 35.9 Å². The van der Waals surface area contributed by atoms with Gasteiger partial charge in [0.05, 0.1) is 26.9 Å². The summed E-state index contributed by atoms with van der Waals surface area (Å²) in [6, 6.07) is 12.5. The molecule has 0 N–H and O–H groups in total. The Morgan fingerprint density at radius 1 is 0.920 bits per heavy atom. The minimum absolute atomic E-state index is 0.202. The lowest BCUT2D eigenvalue weighted by Crippen LogP contribution is -2.06. The topological polar surface area (TPSA) is 66.3 Å². The van der Waals surface area contributed by atoms with E-state index in [1.807, 2.05) is 12.1 Å². The van der Waals surface area contributed by atoms with Crippen molar-refractivity contribution in [3.63, 3.8) is 0 Å². The van der Waals surface area contributed by atoms with Crippen LogP contribution in [0.15, 0.2) is 53.2 Å². The monoisotopic (exact) mass is 339 g/mol. The molecular formula is C19H17NO5. The van der Waals surface area contributed by atoms with Gasteiger partial charge in [-0.15, -0.1) is 0 Å². The van der Waals surface area contributed by atoms with E-state index in [1.54, 1.807) is 57.7 Å². The predicted octanol–water partition coefficient (Wildman–Crippen LogP) is 3.06. The first kappa shape index (κ1) is 16.6. The van der Waals surface area contributed by atoms with Crippen molar-refractivity contribution in [1.82, 2.24) is 0 Å². The smallest absolute Gasteiger partial charge is 0.363 e. The Kier molecular flexibility index (Phi) is 4.70. The van der Waals surface area contributed by atoms with E-state index in [-0.39, 0.29) is 11.6 Å². The molecule has 0 amide bonds. The molecule has 1 aliphatic rings. The Labute approximate surface area is 145 Å². The molecule has 6 nitrogen and oxygen atoms in total. The van der Waals surface area contributed by atoms with Crippen LogP contribution in [0.25, 0.3) is 6.08 Å². The van der Waals surface area contributed by atoms with Gasteiger partial charge in [-0.3, -0.25) is 0 Å². The number of methoxy groups -OCH3 is 3. The highest BCUT2D eigenvalue weighted by Crippen LogP contribution is 2.30. The molecule has 6 heteroatoms. The highest BCUT2D eigenvalue weighted by Gasteiger charge is 2.26. The van der Waals surface area contributed by atoms with E-state index in [0.29, 0.717) is 22.8 Å². The second-order valence-electron chi connectivity index (χ2n) is 5.15.